The molecule has 154 valence electrons. The van der Waals surface area contributed by atoms with Crippen LogP contribution in [0.1, 0.15) is 30.1 Å². The minimum atomic E-state index is -0.381. The first kappa shape index (κ1) is 20.4. The lowest BCUT2D eigenvalue weighted by molar-refractivity contribution is 0.0600. The highest BCUT2D eigenvalue weighted by molar-refractivity contribution is 5.89. The number of methoxy groups -OCH3 is 1. The van der Waals surface area contributed by atoms with Crippen LogP contribution in [-0.4, -0.2) is 59.8 Å². The Balaban J connectivity index is 1.55. The highest BCUT2D eigenvalue weighted by atomic mass is 16.6. The summed E-state index contributed by atoms with van der Waals surface area (Å²) in [6.45, 7) is 3.50. The van der Waals surface area contributed by atoms with E-state index in [1.165, 1.54) is 7.11 Å². The lowest BCUT2D eigenvalue weighted by Gasteiger charge is -2.31. The first-order valence-corrected chi connectivity index (χ1v) is 9.55. The number of ether oxygens (including phenoxy) is 2. The van der Waals surface area contributed by atoms with Gasteiger partial charge in [-0.1, -0.05) is 0 Å². The largest absolute Gasteiger partial charge is 0.465 e. The summed E-state index contributed by atoms with van der Waals surface area (Å²) in [6, 6.07) is 8.91. The molecule has 29 heavy (non-hydrogen) atoms. The van der Waals surface area contributed by atoms with Crippen molar-refractivity contribution in [1.82, 2.24) is 14.9 Å². The van der Waals surface area contributed by atoms with Crippen molar-refractivity contribution in [2.24, 2.45) is 0 Å². The number of amides is 1. The molecule has 2 N–H and O–H groups in total. The number of nitrogens with one attached hydrogen (secondary N) is 2. The number of benzene rings is 1. The number of carbonyl (C=O) groups is 2. The third-order valence-electron chi connectivity index (χ3n) is 4.59. The zero-order chi connectivity index (χ0) is 20.6. The summed E-state index contributed by atoms with van der Waals surface area (Å²) in [6.07, 6.45) is 3.06. The molecule has 9 nitrogen and oxygen atoms in total. The second-order valence-corrected chi connectivity index (χ2v) is 6.56. The normalized spacial score (nSPS) is 14.2. The summed E-state index contributed by atoms with van der Waals surface area (Å²) < 4.78 is 9.74. The second-order valence-electron chi connectivity index (χ2n) is 6.56. The van der Waals surface area contributed by atoms with E-state index in [1.807, 2.05) is 6.07 Å². The molecule has 2 aromatic rings. The first-order valence-electron chi connectivity index (χ1n) is 9.55. The topological polar surface area (TPSA) is 106 Å². The summed E-state index contributed by atoms with van der Waals surface area (Å²) >= 11 is 0. The molecule has 9 heteroatoms. The highest BCUT2D eigenvalue weighted by Crippen LogP contribution is 2.19. The average Bonchev–Trinajstić information content (AvgIpc) is 2.75. The van der Waals surface area contributed by atoms with Gasteiger partial charge in [0.25, 0.3) is 0 Å². The van der Waals surface area contributed by atoms with Crippen molar-refractivity contribution < 1.29 is 19.1 Å². The number of carbonyl (C=O) groups excluding carboxylic acids is 2. The summed E-state index contributed by atoms with van der Waals surface area (Å²) in [5.74, 6) is 0.779. The van der Waals surface area contributed by atoms with Crippen molar-refractivity contribution in [3.8, 4) is 0 Å². The Kier molecular flexibility index (Phi) is 6.83. The molecule has 3 rings (SSSR count). The first-order chi connectivity index (χ1) is 14.1. The van der Waals surface area contributed by atoms with Gasteiger partial charge in [0.15, 0.2) is 0 Å². The maximum Gasteiger partial charge on any atom is 0.409 e. The SMILES string of the molecule is CCOC(=O)N1CCC(Nc2ccnc(Nc3ccc(C(=O)OC)cc3)n2)CC1. The van der Waals surface area contributed by atoms with Crippen LogP contribution in [0.2, 0.25) is 0 Å². The monoisotopic (exact) mass is 399 g/mol. The van der Waals surface area contributed by atoms with Gasteiger partial charge in [0.1, 0.15) is 5.82 Å². The molecule has 0 bridgehead atoms. The Labute approximate surface area is 169 Å². The number of hydrogen-bond donors (Lipinski definition) is 2. The van der Waals surface area contributed by atoms with Gasteiger partial charge in [0, 0.05) is 31.0 Å². The number of likely N-dealkylation sites (tertiary alicyclic amines) is 1. The lowest BCUT2D eigenvalue weighted by Crippen LogP contribution is -2.42. The van der Waals surface area contributed by atoms with Gasteiger partial charge in [-0.3, -0.25) is 0 Å². The van der Waals surface area contributed by atoms with Crippen LogP contribution in [0.15, 0.2) is 36.5 Å². The van der Waals surface area contributed by atoms with E-state index in [4.69, 9.17) is 9.47 Å². The van der Waals surface area contributed by atoms with Crippen LogP contribution in [0.5, 0.6) is 0 Å². The number of esters is 1. The molecule has 0 atom stereocenters. The van der Waals surface area contributed by atoms with Crippen LogP contribution in [-0.2, 0) is 9.47 Å². The van der Waals surface area contributed by atoms with Gasteiger partial charge in [0.05, 0.1) is 19.3 Å². The number of nitrogens with zero attached hydrogens (tertiary/aromatic N) is 3. The van der Waals surface area contributed by atoms with Crippen molar-refractivity contribution in [2.75, 3.05) is 37.4 Å². The van der Waals surface area contributed by atoms with E-state index in [0.717, 1.165) is 18.5 Å². The molecular formula is C20H25N5O4. The minimum Gasteiger partial charge on any atom is -0.465 e. The summed E-state index contributed by atoms with van der Waals surface area (Å²) in [5.41, 5.74) is 1.24. The molecule has 1 aromatic heterocycles. The van der Waals surface area contributed by atoms with Gasteiger partial charge in [-0.05, 0) is 50.1 Å². The van der Waals surface area contributed by atoms with Crippen molar-refractivity contribution in [3.63, 3.8) is 0 Å². The molecule has 0 radical (unpaired) electrons. The van der Waals surface area contributed by atoms with Crippen LogP contribution < -0.4 is 10.6 Å². The third kappa shape index (κ3) is 5.56. The summed E-state index contributed by atoms with van der Waals surface area (Å²) in [4.78, 5) is 33.7. The Morgan fingerprint density at radius 2 is 1.90 bits per heavy atom. The van der Waals surface area contributed by atoms with E-state index in [2.05, 4.69) is 20.6 Å². The minimum absolute atomic E-state index is 0.225. The predicted molar refractivity (Wildman–Crippen MR) is 108 cm³/mol. The van der Waals surface area contributed by atoms with Gasteiger partial charge >= 0.3 is 12.1 Å². The zero-order valence-corrected chi connectivity index (χ0v) is 16.6. The maximum absolute atomic E-state index is 11.8. The van der Waals surface area contributed by atoms with Gasteiger partial charge in [-0.2, -0.15) is 4.98 Å². The molecular weight excluding hydrogens is 374 g/mol. The highest BCUT2D eigenvalue weighted by Gasteiger charge is 2.23. The Morgan fingerprint density at radius 3 is 2.55 bits per heavy atom. The molecule has 0 spiro atoms. The van der Waals surface area contributed by atoms with Crippen LogP contribution in [0.3, 0.4) is 0 Å². The van der Waals surface area contributed by atoms with Crippen molar-refractivity contribution >= 4 is 29.5 Å². The fourth-order valence-corrected chi connectivity index (χ4v) is 3.07. The van der Waals surface area contributed by atoms with E-state index in [0.29, 0.717) is 37.0 Å². The predicted octanol–water partition coefficient (Wildman–Crippen LogP) is 3.04. The van der Waals surface area contributed by atoms with Gasteiger partial charge in [-0.15, -0.1) is 0 Å². The summed E-state index contributed by atoms with van der Waals surface area (Å²) in [5, 5.41) is 6.52. The van der Waals surface area contributed by atoms with E-state index in [-0.39, 0.29) is 18.1 Å². The van der Waals surface area contributed by atoms with Crippen molar-refractivity contribution in [2.45, 2.75) is 25.8 Å². The zero-order valence-electron chi connectivity index (χ0n) is 16.6. The van der Waals surface area contributed by atoms with Gasteiger partial charge < -0.3 is 25.0 Å². The molecule has 0 saturated carbocycles. The molecule has 0 unspecified atom stereocenters. The van der Waals surface area contributed by atoms with Crippen LogP contribution >= 0.6 is 0 Å². The number of piperidine rings is 1. The Bertz CT molecular complexity index is 835. The van der Waals surface area contributed by atoms with Gasteiger partial charge in [0.2, 0.25) is 5.95 Å². The molecule has 1 aromatic carbocycles. The molecule has 2 heterocycles. The Morgan fingerprint density at radius 1 is 1.17 bits per heavy atom. The molecule has 1 aliphatic rings. The third-order valence-corrected chi connectivity index (χ3v) is 4.59. The maximum atomic E-state index is 11.8. The van der Waals surface area contributed by atoms with E-state index >= 15 is 0 Å². The quantitative estimate of drug-likeness (QED) is 0.714. The smallest absolute Gasteiger partial charge is 0.409 e. The molecule has 1 saturated heterocycles. The fraction of sp³-hybridized carbons (Fsp3) is 0.400. The molecule has 1 amide bonds. The van der Waals surface area contributed by atoms with Crippen LogP contribution in [0.25, 0.3) is 0 Å². The Hall–Kier alpha value is -3.36. The van der Waals surface area contributed by atoms with Crippen molar-refractivity contribution in [3.05, 3.63) is 42.1 Å². The fourth-order valence-electron chi connectivity index (χ4n) is 3.07. The molecule has 0 aliphatic carbocycles. The van der Waals surface area contributed by atoms with Crippen molar-refractivity contribution in [1.29, 1.82) is 0 Å². The molecule has 1 aliphatic heterocycles. The lowest BCUT2D eigenvalue weighted by atomic mass is 10.1. The van der Waals surface area contributed by atoms with E-state index in [9.17, 15) is 9.59 Å². The average molecular weight is 399 g/mol. The number of anilines is 3. The van der Waals surface area contributed by atoms with E-state index in [1.54, 1.807) is 42.3 Å². The summed E-state index contributed by atoms with van der Waals surface area (Å²) in [7, 11) is 1.35. The van der Waals surface area contributed by atoms with Crippen LogP contribution in [0.4, 0.5) is 22.2 Å². The standard InChI is InChI=1S/C20H25N5O4/c1-3-29-20(27)25-12-9-16(10-13-25)22-17-8-11-21-19(24-17)23-15-6-4-14(5-7-15)18(26)28-2/h4-8,11,16H,3,9-10,12-13H2,1-2H3,(H2,21,22,23,24). The number of rotatable bonds is 6. The van der Waals surface area contributed by atoms with Gasteiger partial charge in [-0.25, -0.2) is 14.6 Å². The number of aromatic nitrogens is 2. The molecule has 1 fully saturated rings. The number of hydrogen-bond acceptors (Lipinski definition) is 8. The van der Waals surface area contributed by atoms with E-state index < -0.39 is 0 Å². The van der Waals surface area contributed by atoms with Crippen LogP contribution in [0, 0.1) is 0 Å². The second kappa shape index (κ2) is 9.72.